The monoisotopic (exact) mass is 523 g/mol. The molecule has 5 rings (SSSR count). The molecule has 36 heavy (non-hydrogen) atoms. The Morgan fingerprint density at radius 1 is 1.33 bits per heavy atom. The summed E-state index contributed by atoms with van der Waals surface area (Å²) in [6, 6.07) is 10.1. The number of urea groups is 1. The lowest BCUT2D eigenvalue weighted by Crippen LogP contribution is -2.46. The average molecular weight is 524 g/mol. The number of nitrogens with one attached hydrogen (secondary N) is 1. The van der Waals surface area contributed by atoms with E-state index in [0.29, 0.717) is 24.9 Å². The van der Waals surface area contributed by atoms with E-state index in [-0.39, 0.29) is 11.6 Å². The quantitative estimate of drug-likeness (QED) is 0.304. The van der Waals surface area contributed by atoms with Crippen LogP contribution < -0.4 is 20.1 Å². The minimum absolute atomic E-state index is 0.119. The summed E-state index contributed by atoms with van der Waals surface area (Å²) in [5, 5.41) is 0.920. The minimum atomic E-state index is -0.119. The highest BCUT2D eigenvalue weighted by Gasteiger charge is 2.39. The SMILES string of the molecule is C=C1c2cc(SNC3(C)CC3)sc2N(Cc2ccc(OC3CCC3)cc2)C(=O)N1CC(C=NC)=CN. The lowest BCUT2D eigenvalue weighted by Gasteiger charge is -2.36. The first kappa shape index (κ1) is 24.9. The number of thiophene rings is 1. The molecule has 7 nitrogen and oxygen atoms in total. The van der Waals surface area contributed by atoms with Crippen molar-refractivity contribution in [3.05, 3.63) is 59.8 Å². The fourth-order valence-corrected chi connectivity index (χ4v) is 6.26. The second-order valence-corrected chi connectivity index (χ2v) is 12.0. The van der Waals surface area contributed by atoms with E-state index in [4.69, 9.17) is 10.5 Å². The Morgan fingerprint density at radius 3 is 2.69 bits per heavy atom. The Kier molecular flexibility index (Phi) is 7.14. The number of carbonyl (C=O) groups is 1. The summed E-state index contributed by atoms with van der Waals surface area (Å²) in [7, 11) is 1.69. The molecule has 2 amide bonds. The molecular weight excluding hydrogens is 490 g/mol. The van der Waals surface area contributed by atoms with Crippen molar-refractivity contribution >= 4 is 46.2 Å². The standard InChI is InChI=1S/C27H33N5O2S2/c1-18-23-13-24(36-30-27(2)11-12-27)35-25(23)32(26(33)31(18)17-20(14-28)15-29-3)16-19-7-9-22(10-8-19)34-21-5-4-6-21/h7-10,13-15,21,30H,1,4-6,11-12,16-17,28H2,2-3H3. The Bertz CT molecular complexity index is 1200. The van der Waals surface area contributed by atoms with E-state index >= 15 is 0 Å². The molecule has 3 N–H and O–H groups in total. The molecular formula is C27H33N5O2S2. The van der Waals surface area contributed by atoms with E-state index in [0.717, 1.165) is 44.5 Å². The number of nitrogens with two attached hydrogens (primary N) is 1. The predicted octanol–water partition coefficient (Wildman–Crippen LogP) is 5.78. The molecule has 9 heteroatoms. The highest BCUT2D eigenvalue weighted by atomic mass is 32.2. The highest BCUT2D eigenvalue weighted by Crippen LogP contribution is 2.46. The van der Waals surface area contributed by atoms with Crippen molar-refractivity contribution in [1.29, 1.82) is 0 Å². The number of carbonyl (C=O) groups excluding carboxylic acids is 1. The maximum absolute atomic E-state index is 13.8. The average Bonchev–Trinajstić information content (AvgIpc) is 3.43. The van der Waals surface area contributed by atoms with Crippen LogP contribution in [-0.4, -0.2) is 42.4 Å². The van der Waals surface area contributed by atoms with E-state index in [1.165, 1.54) is 25.5 Å². The van der Waals surface area contributed by atoms with Crippen LogP contribution in [0.15, 0.2) is 57.9 Å². The van der Waals surface area contributed by atoms with Gasteiger partial charge in [-0.3, -0.25) is 19.5 Å². The molecule has 2 aromatic rings. The van der Waals surface area contributed by atoms with E-state index < -0.39 is 0 Å². The van der Waals surface area contributed by atoms with Crippen molar-refractivity contribution in [3.63, 3.8) is 0 Å². The highest BCUT2D eigenvalue weighted by molar-refractivity contribution is 7.99. The maximum atomic E-state index is 13.8. The number of rotatable bonds is 10. The van der Waals surface area contributed by atoms with Gasteiger partial charge in [0.2, 0.25) is 0 Å². The Balaban J connectivity index is 1.40. The molecule has 3 aliphatic rings. The van der Waals surface area contributed by atoms with Gasteiger partial charge in [-0.2, -0.15) is 0 Å². The summed E-state index contributed by atoms with van der Waals surface area (Å²) in [6.07, 6.45) is 9.37. The van der Waals surface area contributed by atoms with Crippen molar-refractivity contribution in [3.8, 4) is 5.75 Å². The summed E-state index contributed by atoms with van der Waals surface area (Å²) in [4.78, 5) is 21.4. The van der Waals surface area contributed by atoms with Crippen LogP contribution in [0.1, 0.15) is 50.2 Å². The largest absolute Gasteiger partial charge is 0.490 e. The lowest BCUT2D eigenvalue weighted by atomic mass is 9.96. The number of hydrogen-bond acceptors (Lipinski definition) is 7. The number of aliphatic imine (C=N–C) groups is 1. The first-order valence-electron chi connectivity index (χ1n) is 12.3. The van der Waals surface area contributed by atoms with Gasteiger partial charge in [0.05, 0.1) is 23.4 Å². The van der Waals surface area contributed by atoms with Gasteiger partial charge in [0.15, 0.2) is 0 Å². The Labute approximate surface area is 221 Å². The molecule has 0 radical (unpaired) electrons. The van der Waals surface area contributed by atoms with Crippen LogP contribution in [0.4, 0.5) is 9.80 Å². The molecule has 0 saturated heterocycles. The molecule has 0 unspecified atom stereocenters. The van der Waals surface area contributed by atoms with Crippen LogP contribution in [0.3, 0.4) is 0 Å². The van der Waals surface area contributed by atoms with Gasteiger partial charge in [0.25, 0.3) is 0 Å². The van der Waals surface area contributed by atoms with Crippen LogP contribution in [0.5, 0.6) is 5.75 Å². The summed E-state index contributed by atoms with van der Waals surface area (Å²) >= 11 is 3.27. The zero-order chi connectivity index (χ0) is 25.3. The third-order valence-corrected chi connectivity index (χ3v) is 9.27. The van der Waals surface area contributed by atoms with Gasteiger partial charge in [0, 0.05) is 41.8 Å². The third kappa shape index (κ3) is 5.33. The number of ether oxygens (including phenoxy) is 1. The normalized spacial score (nSPS) is 19.6. The van der Waals surface area contributed by atoms with Crippen molar-refractivity contribution in [2.75, 3.05) is 18.5 Å². The summed E-state index contributed by atoms with van der Waals surface area (Å²) in [5.74, 6) is 0.884. The maximum Gasteiger partial charge on any atom is 0.330 e. The van der Waals surface area contributed by atoms with Gasteiger partial charge in [-0.25, -0.2) is 4.79 Å². The summed E-state index contributed by atoms with van der Waals surface area (Å²) in [5.41, 5.74) is 9.47. The smallest absolute Gasteiger partial charge is 0.330 e. The fourth-order valence-electron chi connectivity index (χ4n) is 4.10. The van der Waals surface area contributed by atoms with E-state index in [2.05, 4.69) is 29.3 Å². The number of fused-ring (bicyclic) bond motifs is 1. The van der Waals surface area contributed by atoms with Gasteiger partial charge in [-0.05, 0) is 74.7 Å². The van der Waals surface area contributed by atoms with E-state index in [1.807, 2.05) is 29.2 Å². The minimum Gasteiger partial charge on any atom is -0.490 e. The molecule has 1 aromatic carbocycles. The van der Waals surface area contributed by atoms with Gasteiger partial charge in [-0.15, -0.1) is 11.3 Å². The molecule has 0 bridgehead atoms. The first-order chi connectivity index (χ1) is 17.4. The van der Waals surface area contributed by atoms with Crippen LogP contribution in [0.25, 0.3) is 5.70 Å². The van der Waals surface area contributed by atoms with Gasteiger partial charge in [0.1, 0.15) is 10.8 Å². The Morgan fingerprint density at radius 2 is 2.08 bits per heavy atom. The topological polar surface area (TPSA) is 83.2 Å². The number of nitrogens with zero attached hydrogens (tertiary/aromatic N) is 3. The molecule has 1 aliphatic heterocycles. The third-order valence-electron chi connectivity index (χ3n) is 6.90. The molecule has 2 heterocycles. The van der Waals surface area contributed by atoms with Crippen molar-refractivity contribution < 1.29 is 9.53 Å². The number of hydrogen-bond donors (Lipinski definition) is 2. The van der Waals surface area contributed by atoms with Crippen molar-refractivity contribution in [2.45, 2.75) is 61.4 Å². The molecule has 0 spiro atoms. The zero-order valence-electron chi connectivity index (χ0n) is 20.8. The predicted molar refractivity (Wildman–Crippen MR) is 150 cm³/mol. The fraction of sp³-hybridized carbons (Fsp3) is 0.407. The van der Waals surface area contributed by atoms with Crippen LogP contribution >= 0.6 is 23.3 Å². The van der Waals surface area contributed by atoms with Crippen molar-refractivity contribution in [1.82, 2.24) is 9.62 Å². The van der Waals surface area contributed by atoms with Crippen LogP contribution in [0.2, 0.25) is 0 Å². The molecule has 0 atom stereocenters. The molecule has 2 aliphatic carbocycles. The number of amides is 2. The molecule has 190 valence electrons. The number of anilines is 1. The molecule has 2 fully saturated rings. The zero-order valence-corrected chi connectivity index (χ0v) is 22.5. The lowest BCUT2D eigenvalue weighted by molar-refractivity contribution is 0.120. The second-order valence-electron chi connectivity index (χ2n) is 9.89. The number of benzene rings is 1. The van der Waals surface area contributed by atoms with Gasteiger partial charge >= 0.3 is 6.03 Å². The second kappa shape index (κ2) is 10.3. The first-order valence-corrected chi connectivity index (χ1v) is 14.0. The van der Waals surface area contributed by atoms with E-state index in [9.17, 15) is 4.79 Å². The van der Waals surface area contributed by atoms with E-state index in [1.54, 1.807) is 41.4 Å². The van der Waals surface area contributed by atoms with Crippen LogP contribution in [0, 0.1) is 0 Å². The Hall–Kier alpha value is -2.75. The van der Waals surface area contributed by atoms with Gasteiger partial charge in [-0.1, -0.05) is 18.7 Å². The summed E-state index contributed by atoms with van der Waals surface area (Å²) < 4.78 is 10.7. The molecule has 1 aromatic heterocycles. The van der Waals surface area contributed by atoms with Gasteiger partial charge < -0.3 is 10.5 Å². The van der Waals surface area contributed by atoms with Crippen molar-refractivity contribution in [2.24, 2.45) is 10.7 Å². The van der Waals surface area contributed by atoms with Crippen LogP contribution in [-0.2, 0) is 6.54 Å². The summed E-state index contributed by atoms with van der Waals surface area (Å²) in [6.45, 7) is 7.29. The molecule has 2 saturated carbocycles.